The van der Waals surface area contributed by atoms with Crippen molar-refractivity contribution in [2.24, 2.45) is 0 Å². The largest absolute Gasteiger partial charge is 0.444 e. The van der Waals surface area contributed by atoms with E-state index in [0.717, 1.165) is 22.0 Å². The van der Waals surface area contributed by atoms with Gasteiger partial charge in [0.2, 0.25) is 0 Å². The maximum atomic E-state index is 12.9. The molecule has 2 aromatic carbocycles. The average molecular weight is 462 g/mol. The molecule has 0 radical (unpaired) electrons. The molecule has 0 fully saturated rings. The van der Waals surface area contributed by atoms with Gasteiger partial charge in [0.05, 0.1) is 23.2 Å². The second-order valence-corrected chi connectivity index (χ2v) is 10.2. The normalized spacial score (nSPS) is 12.6. The topological polar surface area (TPSA) is 93.3 Å². The van der Waals surface area contributed by atoms with E-state index in [4.69, 9.17) is 14.7 Å². The molecule has 178 valence electrons. The van der Waals surface area contributed by atoms with Crippen molar-refractivity contribution in [1.82, 2.24) is 9.88 Å². The number of benzene rings is 2. The van der Waals surface area contributed by atoms with Crippen LogP contribution < -0.4 is 5.32 Å². The van der Waals surface area contributed by atoms with E-state index in [1.165, 1.54) is 4.57 Å². The molecule has 0 aliphatic heterocycles. The van der Waals surface area contributed by atoms with E-state index in [1.807, 2.05) is 57.2 Å². The van der Waals surface area contributed by atoms with Crippen LogP contribution in [0.2, 0.25) is 0 Å². The first-order chi connectivity index (χ1) is 15.9. The van der Waals surface area contributed by atoms with E-state index in [9.17, 15) is 9.59 Å². The Labute approximate surface area is 200 Å². The number of aromatic nitrogens is 1. The number of nitrogens with one attached hydrogen (secondary N) is 1. The minimum Gasteiger partial charge on any atom is -0.444 e. The molecule has 3 rings (SSSR count). The van der Waals surface area contributed by atoms with Gasteiger partial charge in [-0.1, -0.05) is 30.3 Å². The zero-order valence-electron chi connectivity index (χ0n) is 20.5. The number of rotatable bonds is 4. The molecule has 0 saturated heterocycles. The average Bonchev–Trinajstić information content (AvgIpc) is 3.10. The lowest BCUT2D eigenvalue weighted by molar-refractivity contribution is 0.0499. The van der Waals surface area contributed by atoms with Crippen molar-refractivity contribution in [3.63, 3.8) is 0 Å². The maximum Gasteiger partial charge on any atom is 0.419 e. The summed E-state index contributed by atoms with van der Waals surface area (Å²) in [4.78, 5) is 25.5. The Hall–Kier alpha value is -3.79. The second kappa shape index (κ2) is 9.60. The fraction of sp³-hybridized carbons (Fsp3) is 0.370. The lowest BCUT2D eigenvalue weighted by atomic mass is 9.98. The highest BCUT2D eigenvalue weighted by atomic mass is 16.6. The van der Waals surface area contributed by atoms with E-state index in [2.05, 4.69) is 11.4 Å². The Morgan fingerprint density at radius 1 is 0.971 bits per heavy atom. The molecule has 0 aliphatic carbocycles. The number of nitrogens with zero attached hydrogens (tertiary/aromatic N) is 2. The Bertz CT molecular complexity index is 1220. The van der Waals surface area contributed by atoms with Crippen LogP contribution in [-0.4, -0.2) is 28.0 Å². The fourth-order valence-electron chi connectivity index (χ4n) is 3.59. The van der Waals surface area contributed by atoms with Gasteiger partial charge in [-0.25, -0.2) is 9.59 Å². The smallest absolute Gasteiger partial charge is 0.419 e. The Morgan fingerprint density at radius 3 is 2.18 bits per heavy atom. The van der Waals surface area contributed by atoms with Gasteiger partial charge in [-0.15, -0.1) is 0 Å². The zero-order chi connectivity index (χ0) is 25.1. The van der Waals surface area contributed by atoms with Gasteiger partial charge in [0.1, 0.15) is 11.2 Å². The molecule has 1 amide bonds. The highest BCUT2D eigenvalue weighted by Gasteiger charge is 2.24. The van der Waals surface area contributed by atoms with Crippen LogP contribution in [0.1, 0.15) is 64.3 Å². The second-order valence-electron chi connectivity index (χ2n) is 10.2. The molecule has 3 aromatic rings. The first kappa shape index (κ1) is 24.8. The van der Waals surface area contributed by atoms with Crippen molar-refractivity contribution >= 4 is 23.1 Å². The maximum absolute atomic E-state index is 12.9. The van der Waals surface area contributed by atoms with E-state index >= 15 is 0 Å². The molecule has 7 heteroatoms. The molecule has 1 heterocycles. The van der Waals surface area contributed by atoms with Gasteiger partial charge in [0.15, 0.2) is 0 Å². The Morgan fingerprint density at radius 2 is 1.59 bits per heavy atom. The number of hydrogen-bond acceptors (Lipinski definition) is 5. The summed E-state index contributed by atoms with van der Waals surface area (Å²) < 4.78 is 12.6. The lowest BCUT2D eigenvalue weighted by Crippen LogP contribution is -2.35. The van der Waals surface area contributed by atoms with Gasteiger partial charge in [-0.05, 0) is 77.3 Å². The molecule has 7 nitrogen and oxygen atoms in total. The standard InChI is InChI=1S/C27H31N3O4/c1-26(2,3)33-24(31)29-22(19-13-11-18(16-28)12-14-19)15-20-17-30(25(32)34-27(4,5)6)23-10-8-7-9-21(20)23/h7-14,17,22H,15H2,1-6H3,(H,29,31)/t22-/m0/s1. The summed E-state index contributed by atoms with van der Waals surface area (Å²) in [5.74, 6) is 0. The van der Waals surface area contributed by atoms with Gasteiger partial charge in [0.25, 0.3) is 0 Å². The lowest BCUT2D eigenvalue weighted by Gasteiger charge is -2.24. The SMILES string of the molecule is CC(C)(C)OC(=O)N[C@@H](Cc1cn(C(=O)OC(C)(C)C)c2ccccc12)c1ccc(C#N)cc1. The van der Waals surface area contributed by atoms with Gasteiger partial charge in [0, 0.05) is 11.6 Å². The number of alkyl carbamates (subject to hydrolysis) is 1. The number of carbonyl (C=O) groups is 2. The monoisotopic (exact) mass is 461 g/mol. The van der Waals surface area contributed by atoms with Crippen molar-refractivity contribution in [1.29, 1.82) is 5.26 Å². The number of fused-ring (bicyclic) bond motifs is 1. The summed E-state index contributed by atoms with van der Waals surface area (Å²) in [5, 5.41) is 13.0. The van der Waals surface area contributed by atoms with Gasteiger partial charge in [-0.2, -0.15) is 5.26 Å². The molecule has 1 atom stereocenters. The van der Waals surface area contributed by atoms with Crippen LogP contribution >= 0.6 is 0 Å². The van der Waals surface area contributed by atoms with Crippen LogP contribution in [0.4, 0.5) is 9.59 Å². The Balaban J connectivity index is 1.99. The first-order valence-electron chi connectivity index (χ1n) is 11.2. The zero-order valence-corrected chi connectivity index (χ0v) is 20.5. The number of hydrogen-bond donors (Lipinski definition) is 1. The third-order valence-electron chi connectivity index (χ3n) is 4.94. The summed E-state index contributed by atoms with van der Waals surface area (Å²) in [7, 11) is 0. The molecule has 0 saturated carbocycles. The van der Waals surface area contributed by atoms with Crippen molar-refractivity contribution in [3.8, 4) is 6.07 Å². The number of carbonyl (C=O) groups excluding carboxylic acids is 2. The molecular formula is C27H31N3O4. The molecule has 1 N–H and O–H groups in total. The van der Waals surface area contributed by atoms with Crippen LogP contribution in [0.25, 0.3) is 10.9 Å². The molecule has 0 aliphatic rings. The highest BCUT2D eigenvalue weighted by Crippen LogP contribution is 2.28. The van der Waals surface area contributed by atoms with Crippen LogP contribution in [0.5, 0.6) is 0 Å². The van der Waals surface area contributed by atoms with Crippen LogP contribution in [-0.2, 0) is 15.9 Å². The van der Waals surface area contributed by atoms with Crippen molar-refractivity contribution in [2.45, 2.75) is 65.2 Å². The summed E-state index contributed by atoms with van der Waals surface area (Å²) in [6, 6.07) is 16.3. The van der Waals surface area contributed by atoms with Crippen LogP contribution in [0, 0.1) is 11.3 Å². The third-order valence-corrected chi connectivity index (χ3v) is 4.94. The van der Waals surface area contributed by atoms with Gasteiger partial charge in [-0.3, -0.25) is 4.57 Å². The Kier molecular flexibility index (Phi) is 7.01. The van der Waals surface area contributed by atoms with Crippen LogP contribution in [0.3, 0.4) is 0 Å². The molecular weight excluding hydrogens is 430 g/mol. The van der Waals surface area contributed by atoms with Gasteiger partial charge < -0.3 is 14.8 Å². The summed E-state index contributed by atoms with van der Waals surface area (Å²) >= 11 is 0. The van der Waals surface area contributed by atoms with Crippen LogP contribution in [0.15, 0.2) is 54.7 Å². The summed E-state index contributed by atoms with van der Waals surface area (Å²) in [6.07, 6.45) is 1.15. The molecule has 0 unspecified atom stereocenters. The number of para-hydroxylation sites is 1. The molecule has 1 aromatic heterocycles. The third kappa shape index (κ3) is 6.38. The first-order valence-corrected chi connectivity index (χ1v) is 11.2. The summed E-state index contributed by atoms with van der Waals surface area (Å²) in [6.45, 7) is 10.9. The minimum atomic E-state index is -0.647. The predicted octanol–water partition coefficient (Wildman–Crippen LogP) is 6.10. The fourth-order valence-corrected chi connectivity index (χ4v) is 3.59. The minimum absolute atomic E-state index is 0.404. The quantitative estimate of drug-likeness (QED) is 0.506. The summed E-state index contributed by atoms with van der Waals surface area (Å²) in [5.41, 5.74) is 1.66. The molecule has 34 heavy (non-hydrogen) atoms. The molecule has 0 bridgehead atoms. The van der Waals surface area contributed by atoms with E-state index < -0.39 is 29.4 Å². The van der Waals surface area contributed by atoms with E-state index in [1.54, 1.807) is 39.1 Å². The number of ether oxygens (including phenoxy) is 2. The van der Waals surface area contributed by atoms with E-state index in [0.29, 0.717) is 12.0 Å². The van der Waals surface area contributed by atoms with Gasteiger partial charge >= 0.3 is 12.2 Å². The number of amides is 1. The van der Waals surface area contributed by atoms with Crippen molar-refractivity contribution in [3.05, 3.63) is 71.4 Å². The molecule has 0 spiro atoms. The van der Waals surface area contributed by atoms with Crippen molar-refractivity contribution in [2.75, 3.05) is 0 Å². The van der Waals surface area contributed by atoms with E-state index in [-0.39, 0.29) is 0 Å². The predicted molar refractivity (Wildman–Crippen MR) is 131 cm³/mol. The van der Waals surface area contributed by atoms with Crippen molar-refractivity contribution < 1.29 is 19.1 Å². The highest BCUT2D eigenvalue weighted by molar-refractivity contribution is 5.92. The number of nitriles is 1.